The molecule has 0 fully saturated rings. The van der Waals surface area contributed by atoms with Crippen LogP contribution in [0.1, 0.15) is 10.5 Å². The number of anilines is 1. The van der Waals surface area contributed by atoms with Crippen molar-refractivity contribution in [1.29, 1.82) is 0 Å². The van der Waals surface area contributed by atoms with E-state index in [1.807, 2.05) is 0 Å². The summed E-state index contributed by atoms with van der Waals surface area (Å²) in [5, 5.41) is 8.60. The number of aromatic amines is 1. The van der Waals surface area contributed by atoms with E-state index in [0.717, 1.165) is 6.20 Å². The van der Waals surface area contributed by atoms with Gasteiger partial charge in [-0.15, -0.1) is 0 Å². The molecular formula is C9H8N4O4S. The van der Waals surface area contributed by atoms with Gasteiger partial charge in [-0.1, -0.05) is 6.07 Å². The van der Waals surface area contributed by atoms with Gasteiger partial charge >= 0.3 is 5.97 Å². The van der Waals surface area contributed by atoms with Crippen LogP contribution in [0, 0.1) is 0 Å². The summed E-state index contributed by atoms with van der Waals surface area (Å²) in [6.45, 7) is 0. The molecule has 18 heavy (non-hydrogen) atoms. The molecule has 0 amide bonds. The number of imidazole rings is 1. The smallest absolute Gasteiger partial charge is 0.354 e. The third-order valence-corrected chi connectivity index (χ3v) is 3.25. The lowest BCUT2D eigenvalue weighted by atomic mass is 10.3. The topological polar surface area (TPSA) is 125 Å². The Hall–Kier alpha value is -2.42. The lowest BCUT2D eigenvalue weighted by Crippen LogP contribution is -2.15. The maximum atomic E-state index is 11.8. The fourth-order valence-corrected chi connectivity index (χ4v) is 2.10. The number of carboxylic acids is 1. The average Bonchev–Trinajstić information content (AvgIpc) is 2.82. The molecule has 0 aromatic carbocycles. The third kappa shape index (κ3) is 2.46. The van der Waals surface area contributed by atoms with E-state index in [4.69, 9.17) is 5.11 Å². The summed E-state index contributed by atoms with van der Waals surface area (Å²) >= 11 is 0. The summed E-state index contributed by atoms with van der Waals surface area (Å²) in [5.74, 6) is -1.32. The van der Waals surface area contributed by atoms with E-state index >= 15 is 0 Å². The summed E-state index contributed by atoms with van der Waals surface area (Å²) in [4.78, 5) is 20.4. The number of aromatic nitrogens is 3. The predicted molar refractivity (Wildman–Crippen MR) is 60.6 cm³/mol. The molecule has 0 aliphatic carbocycles. The van der Waals surface area contributed by atoms with Crippen LogP contribution < -0.4 is 4.72 Å². The van der Waals surface area contributed by atoms with Crippen LogP contribution in [0.2, 0.25) is 0 Å². The molecule has 94 valence electrons. The van der Waals surface area contributed by atoms with Crippen LogP contribution in [0.25, 0.3) is 0 Å². The highest BCUT2D eigenvalue weighted by Crippen LogP contribution is 2.11. The van der Waals surface area contributed by atoms with Gasteiger partial charge in [-0.3, -0.25) is 4.72 Å². The normalized spacial score (nSPS) is 11.1. The number of rotatable bonds is 4. The number of hydrogen-bond acceptors (Lipinski definition) is 5. The van der Waals surface area contributed by atoms with Gasteiger partial charge in [-0.25, -0.2) is 14.8 Å². The lowest BCUT2D eigenvalue weighted by Gasteiger charge is -2.05. The zero-order valence-corrected chi connectivity index (χ0v) is 9.68. The van der Waals surface area contributed by atoms with Gasteiger partial charge in [0.15, 0.2) is 10.7 Å². The standard InChI is InChI=1S/C9H8N4O4S/c14-9(15)6-2-1-3-7(12-6)13-18(16,17)8-4-10-5-11-8/h1-5H,(H,10,11)(H,12,13)(H,14,15). The molecule has 0 saturated carbocycles. The first kappa shape index (κ1) is 12.0. The minimum absolute atomic E-state index is 0.0792. The quantitative estimate of drug-likeness (QED) is 0.732. The number of pyridine rings is 1. The number of carbonyl (C=O) groups is 1. The van der Waals surface area contributed by atoms with E-state index in [9.17, 15) is 13.2 Å². The van der Waals surface area contributed by atoms with Crippen LogP contribution >= 0.6 is 0 Å². The van der Waals surface area contributed by atoms with Crippen molar-refractivity contribution in [1.82, 2.24) is 15.0 Å². The van der Waals surface area contributed by atoms with Crippen LogP contribution in [-0.2, 0) is 10.0 Å². The highest BCUT2D eigenvalue weighted by atomic mass is 32.2. The number of nitrogens with zero attached hydrogens (tertiary/aromatic N) is 2. The van der Waals surface area contributed by atoms with Crippen LogP contribution in [0.3, 0.4) is 0 Å². The number of hydrogen-bond donors (Lipinski definition) is 3. The Balaban J connectivity index is 2.30. The first-order valence-corrected chi connectivity index (χ1v) is 6.19. The van der Waals surface area contributed by atoms with Crippen molar-refractivity contribution in [2.24, 2.45) is 0 Å². The Labute approximate surface area is 102 Å². The second kappa shape index (κ2) is 4.45. The maximum absolute atomic E-state index is 11.8. The molecule has 0 saturated heterocycles. The molecule has 8 nitrogen and oxygen atoms in total. The largest absolute Gasteiger partial charge is 0.477 e. The molecular weight excluding hydrogens is 260 g/mol. The zero-order valence-electron chi connectivity index (χ0n) is 8.86. The molecule has 2 aromatic rings. The third-order valence-electron chi connectivity index (χ3n) is 1.97. The van der Waals surface area contributed by atoms with Crippen LogP contribution in [0.15, 0.2) is 35.7 Å². The van der Waals surface area contributed by atoms with Crippen molar-refractivity contribution < 1.29 is 18.3 Å². The predicted octanol–water partition coefficient (Wildman–Crippen LogP) is 0.304. The fourth-order valence-electron chi connectivity index (χ4n) is 1.19. The second-order valence-electron chi connectivity index (χ2n) is 3.23. The fraction of sp³-hybridized carbons (Fsp3) is 0. The van der Waals surface area contributed by atoms with E-state index in [1.165, 1.54) is 24.5 Å². The molecule has 9 heteroatoms. The van der Waals surface area contributed by atoms with E-state index < -0.39 is 16.0 Å². The van der Waals surface area contributed by atoms with Crippen LogP contribution in [-0.4, -0.2) is 34.4 Å². The molecule has 0 unspecified atom stereocenters. The summed E-state index contributed by atoms with van der Waals surface area (Å²) in [7, 11) is -3.84. The Bertz CT molecular complexity index is 666. The molecule has 0 bridgehead atoms. The number of carboxylic acid groups (broad SMARTS) is 1. The highest BCUT2D eigenvalue weighted by molar-refractivity contribution is 7.92. The van der Waals surface area contributed by atoms with E-state index in [0.29, 0.717) is 0 Å². The molecule has 2 aromatic heterocycles. The van der Waals surface area contributed by atoms with E-state index in [2.05, 4.69) is 19.7 Å². The number of sulfonamides is 1. The van der Waals surface area contributed by atoms with Gasteiger partial charge in [-0.2, -0.15) is 8.42 Å². The van der Waals surface area contributed by atoms with Crippen molar-refractivity contribution in [3.8, 4) is 0 Å². The molecule has 2 heterocycles. The van der Waals surface area contributed by atoms with Crippen molar-refractivity contribution in [3.05, 3.63) is 36.4 Å². The Morgan fingerprint density at radius 1 is 1.39 bits per heavy atom. The van der Waals surface area contributed by atoms with Crippen molar-refractivity contribution in [2.45, 2.75) is 5.03 Å². The van der Waals surface area contributed by atoms with E-state index in [-0.39, 0.29) is 16.5 Å². The first-order chi connectivity index (χ1) is 8.49. The lowest BCUT2D eigenvalue weighted by molar-refractivity contribution is 0.0690. The highest BCUT2D eigenvalue weighted by Gasteiger charge is 2.16. The summed E-state index contributed by atoms with van der Waals surface area (Å²) < 4.78 is 25.7. The van der Waals surface area contributed by atoms with Gasteiger partial charge in [0.05, 0.1) is 12.5 Å². The van der Waals surface area contributed by atoms with Crippen LogP contribution in [0.5, 0.6) is 0 Å². The number of H-pyrrole nitrogens is 1. The average molecular weight is 268 g/mol. The van der Waals surface area contributed by atoms with Gasteiger partial charge in [0.2, 0.25) is 0 Å². The van der Waals surface area contributed by atoms with Gasteiger partial charge in [0, 0.05) is 0 Å². The van der Waals surface area contributed by atoms with Gasteiger partial charge in [-0.05, 0) is 12.1 Å². The number of aromatic carboxylic acids is 1. The molecule has 0 atom stereocenters. The van der Waals surface area contributed by atoms with Gasteiger partial charge in [0.25, 0.3) is 10.0 Å². The molecule has 0 radical (unpaired) electrons. The van der Waals surface area contributed by atoms with E-state index in [1.54, 1.807) is 0 Å². The SMILES string of the molecule is O=C(O)c1cccc(NS(=O)(=O)c2cnc[nH]2)n1. The van der Waals surface area contributed by atoms with Gasteiger partial charge in [0.1, 0.15) is 5.82 Å². The minimum Gasteiger partial charge on any atom is -0.477 e. The van der Waals surface area contributed by atoms with Crippen molar-refractivity contribution in [3.63, 3.8) is 0 Å². The zero-order chi connectivity index (χ0) is 13.2. The van der Waals surface area contributed by atoms with Crippen molar-refractivity contribution >= 4 is 21.8 Å². The summed E-state index contributed by atoms with van der Waals surface area (Å²) in [5.41, 5.74) is -0.250. The Morgan fingerprint density at radius 3 is 2.78 bits per heavy atom. The maximum Gasteiger partial charge on any atom is 0.354 e. The molecule has 2 rings (SSSR count). The summed E-state index contributed by atoms with van der Waals surface area (Å²) in [6.07, 6.45) is 2.35. The molecule has 0 aliphatic heterocycles. The summed E-state index contributed by atoms with van der Waals surface area (Å²) in [6, 6.07) is 4.00. The minimum atomic E-state index is -3.84. The molecule has 0 spiro atoms. The molecule has 0 aliphatic rings. The van der Waals surface area contributed by atoms with Gasteiger partial charge < -0.3 is 10.1 Å². The Kier molecular flexibility index (Phi) is 2.98. The monoisotopic (exact) mass is 268 g/mol. The van der Waals surface area contributed by atoms with Crippen LogP contribution in [0.4, 0.5) is 5.82 Å². The van der Waals surface area contributed by atoms with Crippen molar-refractivity contribution in [2.75, 3.05) is 4.72 Å². The Morgan fingerprint density at radius 2 is 2.17 bits per heavy atom. The second-order valence-corrected chi connectivity index (χ2v) is 4.89. The molecule has 3 N–H and O–H groups in total. The first-order valence-electron chi connectivity index (χ1n) is 4.70. The number of nitrogens with one attached hydrogen (secondary N) is 2.